The quantitative estimate of drug-likeness (QED) is 0.161. The standard InChI is InChI=1S/C33H52N4O/c1-22-13-17-32(5)26(21-22)9-10-27-29-12-11-28(33(29,6)18-14-30(27)32)24(3)35-38-25(4)37(36(7)8)20-16-31-23(2)15-19-34-31/h21,27-31,34H,1-2,4,9-20H2,3,5-8H3/b35-24+. The highest BCUT2D eigenvalue weighted by molar-refractivity contribution is 5.85. The summed E-state index contributed by atoms with van der Waals surface area (Å²) in [5.74, 6) is 3.57. The lowest BCUT2D eigenvalue weighted by atomic mass is 9.46. The maximum Gasteiger partial charge on any atom is 0.232 e. The van der Waals surface area contributed by atoms with Crippen molar-refractivity contribution >= 4 is 5.71 Å². The van der Waals surface area contributed by atoms with E-state index in [2.05, 4.69) is 56.9 Å². The Morgan fingerprint density at radius 3 is 2.58 bits per heavy atom. The molecule has 5 heteroatoms. The summed E-state index contributed by atoms with van der Waals surface area (Å²) in [6.45, 7) is 22.0. The Kier molecular flexibility index (Phi) is 7.74. The number of hydrogen-bond donors (Lipinski definition) is 1. The van der Waals surface area contributed by atoms with Gasteiger partial charge in [-0.2, -0.15) is 0 Å². The second kappa shape index (κ2) is 10.6. The molecule has 5 nitrogen and oxygen atoms in total. The summed E-state index contributed by atoms with van der Waals surface area (Å²) >= 11 is 0. The van der Waals surface area contributed by atoms with E-state index >= 15 is 0 Å². The maximum atomic E-state index is 6.03. The van der Waals surface area contributed by atoms with Gasteiger partial charge in [-0.3, -0.25) is 5.01 Å². The summed E-state index contributed by atoms with van der Waals surface area (Å²) < 4.78 is 0. The van der Waals surface area contributed by atoms with E-state index in [-0.39, 0.29) is 0 Å². The van der Waals surface area contributed by atoms with E-state index in [0.717, 1.165) is 49.4 Å². The molecular formula is C33H52N4O. The predicted octanol–water partition coefficient (Wildman–Crippen LogP) is 7.07. The van der Waals surface area contributed by atoms with E-state index in [9.17, 15) is 0 Å². The Morgan fingerprint density at radius 2 is 1.87 bits per heavy atom. The van der Waals surface area contributed by atoms with Crippen LogP contribution in [-0.4, -0.2) is 49.0 Å². The third kappa shape index (κ3) is 4.83. The number of hydrogen-bond acceptors (Lipinski definition) is 5. The van der Waals surface area contributed by atoms with E-state index in [0.29, 0.717) is 28.7 Å². The summed E-state index contributed by atoms with van der Waals surface area (Å²) in [6.07, 6.45) is 14.9. The van der Waals surface area contributed by atoms with Crippen LogP contribution >= 0.6 is 0 Å². The fourth-order valence-electron chi connectivity index (χ4n) is 9.40. The zero-order chi connectivity index (χ0) is 27.2. The molecule has 38 heavy (non-hydrogen) atoms. The van der Waals surface area contributed by atoms with Gasteiger partial charge in [0, 0.05) is 32.6 Å². The molecule has 0 aromatic carbocycles. The Balaban J connectivity index is 1.24. The molecule has 210 valence electrons. The van der Waals surface area contributed by atoms with Crippen molar-refractivity contribution in [3.8, 4) is 0 Å². The molecule has 4 aliphatic carbocycles. The summed E-state index contributed by atoms with van der Waals surface area (Å²) in [4.78, 5) is 6.03. The Hall–Kier alpha value is -1.85. The van der Waals surface area contributed by atoms with Crippen LogP contribution in [0.3, 0.4) is 0 Å². The van der Waals surface area contributed by atoms with Gasteiger partial charge < -0.3 is 10.2 Å². The smallest absolute Gasteiger partial charge is 0.232 e. The molecule has 1 heterocycles. The Labute approximate surface area is 232 Å². The number of fused-ring (bicyclic) bond motifs is 5. The summed E-state index contributed by atoms with van der Waals surface area (Å²) in [7, 11) is 4.08. The van der Waals surface area contributed by atoms with Gasteiger partial charge in [0.15, 0.2) is 0 Å². The molecule has 0 spiro atoms. The minimum atomic E-state index is 0.324. The highest BCUT2D eigenvalue weighted by Crippen LogP contribution is 2.67. The molecule has 4 fully saturated rings. The fourth-order valence-corrected chi connectivity index (χ4v) is 9.40. The lowest BCUT2D eigenvalue weighted by molar-refractivity contribution is -0.0426. The Bertz CT molecular complexity index is 1030. The van der Waals surface area contributed by atoms with Crippen LogP contribution in [0.5, 0.6) is 0 Å². The van der Waals surface area contributed by atoms with Gasteiger partial charge in [0.1, 0.15) is 0 Å². The van der Waals surface area contributed by atoms with Crippen LogP contribution in [0, 0.1) is 34.5 Å². The van der Waals surface area contributed by atoms with Crippen molar-refractivity contribution < 1.29 is 4.84 Å². The molecule has 0 aromatic heterocycles. The first-order valence-corrected chi connectivity index (χ1v) is 15.2. The third-order valence-corrected chi connectivity index (χ3v) is 11.6. The average Bonchev–Trinajstić information content (AvgIpc) is 3.45. The Morgan fingerprint density at radius 1 is 1.08 bits per heavy atom. The monoisotopic (exact) mass is 520 g/mol. The summed E-state index contributed by atoms with van der Waals surface area (Å²) in [5, 5.41) is 12.4. The van der Waals surface area contributed by atoms with Crippen LogP contribution < -0.4 is 5.32 Å². The van der Waals surface area contributed by atoms with Crippen LogP contribution in [0.15, 0.2) is 53.6 Å². The van der Waals surface area contributed by atoms with E-state index in [1.54, 1.807) is 5.57 Å². The van der Waals surface area contributed by atoms with E-state index < -0.39 is 0 Å². The number of hydrazine groups is 1. The molecule has 0 amide bonds. The van der Waals surface area contributed by atoms with E-state index in [1.807, 2.05) is 19.1 Å². The average molecular weight is 521 g/mol. The molecule has 1 saturated heterocycles. The van der Waals surface area contributed by atoms with Crippen LogP contribution in [0.1, 0.15) is 85.0 Å². The first-order chi connectivity index (χ1) is 18.0. The molecule has 5 rings (SSSR count). The molecule has 1 aliphatic heterocycles. The summed E-state index contributed by atoms with van der Waals surface area (Å²) in [6, 6.07) is 0.377. The van der Waals surface area contributed by atoms with Crippen molar-refractivity contribution in [3.63, 3.8) is 0 Å². The number of nitrogens with one attached hydrogen (secondary N) is 1. The van der Waals surface area contributed by atoms with E-state index in [4.69, 9.17) is 9.99 Å². The second-order valence-corrected chi connectivity index (χ2v) is 13.7. The second-order valence-electron chi connectivity index (χ2n) is 13.7. The molecule has 0 radical (unpaired) electrons. The van der Waals surface area contributed by atoms with Gasteiger partial charge in [-0.15, -0.1) is 0 Å². The SMILES string of the molecule is C=C1C=C2CCC3C(CCC4(C)C(/C(C)=N/OC(=C)N(CCC5NCCC5=C)N(C)C)CCC34)C2(C)CC1. The minimum absolute atomic E-state index is 0.324. The normalized spacial score (nSPS) is 38.9. The van der Waals surface area contributed by atoms with Crippen molar-refractivity contribution in [1.29, 1.82) is 0 Å². The van der Waals surface area contributed by atoms with Gasteiger partial charge in [-0.05, 0) is 113 Å². The first kappa shape index (κ1) is 27.7. The molecule has 7 atom stereocenters. The van der Waals surface area contributed by atoms with Gasteiger partial charge in [0.25, 0.3) is 0 Å². The van der Waals surface area contributed by atoms with Crippen molar-refractivity contribution in [2.75, 3.05) is 27.2 Å². The van der Waals surface area contributed by atoms with Gasteiger partial charge in [0.2, 0.25) is 5.88 Å². The largest absolute Gasteiger partial charge is 0.338 e. The van der Waals surface area contributed by atoms with Gasteiger partial charge >= 0.3 is 0 Å². The maximum absolute atomic E-state index is 6.03. The van der Waals surface area contributed by atoms with Crippen molar-refractivity contribution in [2.45, 2.75) is 91.0 Å². The highest BCUT2D eigenvalue weighted by atomic mass is 16.6. The molecule has 1 N–H and O–H groups in total. The van der Waals surface area contributed by atoms with Crippen LogP contribution in [0.2, 0.25) is 0 Å². The fraction of sp³-hybridized carbons (Fsp3) is 0.727. The predicted molar refractivity (Wildman–Crippen MR) is 158 cm³/mol. The lowest BCUT2D eigenvalue weighted by Crippen LogP contribution is -2.50. The number of oxime groups is 1. The zero-order valence-electron chi connectivity index (χ0n) is 24.8. The van der Waals surface area contributed by atoms with Crippen molar-refractivity contribution in [1.82, 2.24) is 15.3 Å². The van der Waals surface area contributed by atoms with Crippen molar-refractivity contribution in [2.24, 2.45) is 39.7 Å². The molecule has 0 aromatic rings. The minimum Gasteiger partial charge on any atom is -0.338 e. The molecule has 5 aliphatic rings. The van der Waals surface area contributed by atoms with Crippen LogP contribution in [0.25, 0.3) is 0 Å². The van der Waals surface area contributed by atoms with Crippen LogP contribution in [-0.2, 0) is 4.84 Å². The van der Waals surface area contributed by atoms with E-state index in [1.165, 1.54) is 62.5 Å². The van der Waals surface area contributed by atoms with Gasteiger partial charge in [0.05, 0.1) is 5.71 Å². The number of rotatable bonds is 8. The topological polar surface area (TPSA) is 40.1 Å². The molecule has 7 unspecified atom stereocenters. The zero-order valence-corrected chi connectivity index (χ0v) is 24.8. The number of nitrogens with zero attached hydrogens (tertiary/aromatic N) is 3. The lowest BCUT2D eigenvalue weighted by Gasteiger charge is -2.58. The third-order valence-electron chi connectivity index (χ3n) is 11.6. The van der Waals surface area contributed by atoms with Crippen LogP contribution in [0.4, 0.5) is 0 Å². The molecule has 0 bridgehead atoms. The van der Waals surface area contributed by atoms with Crippen molar-refractivity contribution in [3.05, 3.63) is 48.4 Å². The summed E-state index contributed by atoms with van der Waals surface area (Å²) in [5.41, 5.74) is 6.22. The molecular weight excluding hydrogens is 468 g/mol. The van der Waals surface area contributed by atoms with Gasteiger partial charge in [-0.1, -0.05) is 55.0 Å². The number of allylic oxidation sites excluding steroid dienone is 3. The van der Waals surface area contributed by atoms with Gasteiger partial charge in [-0.25, -0.2) is 5.01 Å². The first-order valence-electron chi connectivity index (χ1n) is 15.2. The highest BCUT2D eigenvalue weighted by Gasteiger charge is 2.59. The molecule has 3 saturated carbocycles.